The van der Waals surface area contributed by atoms with Crippen LogP contribution in [0.5, 0.6) is 0 Å². The van der Waals surface area contributed by atoms with Crippen LogP contribution in [0, 0.1) is 0 Å². The summed E-state index contributed by atoms with van der Waals surface area (Å²) in [6.45, 7) is 1.98. The van der Waals surface area contributed by atoms with Crippen molar-refractivity contribution in [2.24, 2.45) is 5.73 Å². The van der Waals surface area contributed by atoms with Crippen LogP contribution in [-0.4, -0.2) is 23.2 Å². The highest BCUT2D eigenvalue weighted by molar-refractivity contribution is 8.00. The number of hydrogen-bond donors (Lipinski definition) is 2. The largest absolute Gasteiger partial charge is 0.327 e. The van der Waals surface area contributed by atoms with E-state index in [1.807, 2.05) is 31.4 Å². The van der Waals surface area contributed by atoms with E-state index in [9.17, 15) is 4.79 Å². The van der Waals surface area contributed by atoms with E-state index in [0.717, 1.165) is 26.7 Å². The van der Waals surface area contributed by atoms with Gasteiger partial charge in [0.05, 0.1) is 10.2 Å². The molecule has 0 aliphatic carbocycles. The van der Waals surface area contributed by atoms with Crippen LogP contribution in [0.4, 0.5) is 5.69 Å². The molecule has 0 fully saturated rings. The van der Waals surface area contributed by atoms with Crippen molar-refractivity contribution >= 4 is 44.9 Å². The Morgan fingerprint density at radius 3 is 3.05 bits per heavy atom. The van der Waals surface area contributed by atoms with Crippen molar-refractivity contribution in [1.29, 1.82) is 0 Å². The van der Waals surface area contributed by atoms with Crippen molar-refractivity contribution in [2.75, 3.05) is 11.6 Å². The lowest BCUT2D eigenvalue weighted by Gasteiger charge is -2.09. The Kier molecular flexibility index (Phi) is 4.79. The van der Waals surface area contributed by atoms with Crippen LogP contribution in [0.3, 0.4) is 0 Å². The third-order valence-electron chi connectivity index (χ3n) is 2.80. The normalized spacial score (nSPS) is 12.6. The Morgan fingerprint density at radius 2 is 2.37 bits per heavy atom. The Bertz CT molecular complexity index is 582. The molecule has 0 radical (unpaired) electrons. The van der Waals surface area contributed by atoms with Crippen molar-refractivity contribution in [1.82, 2.24) is 4.98 Å². The molecule has 1 unspecified atom stereocenters. The molecule has 0 spiro atoms. The number of nitrogens with two attached hydrogens (primary N) is 1. The van der Waals surface area contributed by atoms with E-state index in [4.69, 9.17) is 5.73 Å². The number of aromatic nitrogens is 1. The van der Waals surface area contributed by atoms with Crippen molar-refractivity contribution in [2.45, 2.75) is 30.1 Å². The van der Waals surface area contributed by atoms with E-state index in [0.29, 0.717) is 6.42 Å². The molecule has 0 aliphatic heterocycles. The van der Waals surface area contributed by atoms with Gasteiger partial charge in [0.1, 0.15) is 0 Å². The van der Waals surface area contributed by atoms with Crippen molar-refractivity contribution in [3.63, 3.8) is 0 Å². The Labute approximate surface area is 120 Å². The monoisotopic (exact) mass is 295 g/mol. The number of nitrogens with zero attached hydrogens (tertiary/aromatic N) is 1. The van der Waals surface area contributed by atoms with Gasteiger partial charge in [-0.25, -0.2) is 4.98 Å². The summed E-state index contributed by atoms with van der Waals surface area (Å²) in [7, 11) is 0. The minimum atomic E-state index is -0.0739. The highest BCUT2D eigenvalue weighted by Crippen LogP contribution is 2.29. The SMILES string of the molecule is CCC(N)CC(=O)Nc1ccc2nc(SC)sc2c1. The summed E-state index contributed by atoms with van der Waals surface area (Å²) in [4.78, 5) is 16.2. The van der Waals surface area contributed by atoms with Gasteiger partial charge in [-0.05, 0) is 30.9 Å². The van der Waals surface area contributed by atoms with Gasteiger partial charge in [0, 0.05) is 18.2 Å². The fourth-order valence-electron chi connectivity index (χ4n) is 1.66. The molecule has 102 valence electrons. The highest BCUT2D eigenvalue weighted by Gasteiger charge is 2.09. The molecule has 1 amide bonds. The molecule has 0 bridgehead atoms. The Hall–Kier alpha value is -1.11. The molecule has 2 aromatic rings. The second-order valence-electron chi connectivity index (χ2n) is 4.29. The van der Waals surface area contributed by atoms with Gasteiger partial charge >= 0.3 is 0 Å². The molecule has 1 atom stereocenters. The lowest BCUT2D eigenvalue weighted by molar-refractivity contribution is -0.116. The van der Waals surface area contributed by atoms with Gasteiger partial charge in [-0.1, -0.05) is 18.7 Å². The summed E-state index contributed by atoms with van der Waals surface area (Å²) in [5.41, 5.74) is 7.54. The minimum absolute atomic E-state index is 0.0386. The molecule has 3 N–H and O–H groups in total. The predicted molar refractivity (Wildman–Crippen MR) is 82.9 cm³/mol. The average molecular weight is 295 g/mol. The van der Waals surface area contributed by atoms with Crippen LogP contribution in [0.2, 0.25) is 0 Å². The van der Waals surface area contributed by atoms with Crippen LogP contribution in [0.1, 0.15) is 19.8 Å². The van der Waals surface area contributed by atoms with Gasteiger partial charge in [-0.15, -0.1) is 11.3 Å². The number of nitrogens with one attached hydrogen (secondary N) is 1. The predicted octanol–water partition coefficient (Wildman–Crippen LogP) is 3.08. The molecular weight excluding hydrogens is 278 g/mol. The van der Waals surface area contributed by atoms with Gasteiger partial charge in [0.2, 0.25) is 5.91 Å². The van der Waals surface area contributed by atoms with Crippen LogP contribution >= 0.6 is 23.1 Å². The smallest absolute Gasteiger partial charge is 0.225 e. The van der Waals surface area contributed by atoms with Crippen LogP contribution in [-0.2, 0) is 4.79 Å². The quantitative estimate of drug-likeness (QED) is 0.832. The van der Waals surface area contributed by atoms with E-state index in [-0.39, 0.29) is 11.9 Å². The first kappa shape index (κ1) is 14.3. The van der Waals surface area contributed by atoms with E-state index in [2.05, 4.69) is 10.3 Å². The first-order valence-electron chi connectivity index (χ1n) is 6.12. The maximum Gasteiger partial charge on any atom is 0.225 e. The fraction of sp³-hybridized carbons (Fsp3) is 0.385. The van der Waals surface area contributed by atoms with E-state index < -0.39 is 0 Å². The summed E-state index contributed by atoms with van der Waals surface area (Å²) in [6, 6.07) is 5.69. The molecule has 19 heavy (non-hydrogen) atoms. The molecular formula is C13H17N3OS2. The van der Waals surface area contributed by atoms with Crippen LogP contribution in [0.15, 0.2) is 22.5 Å². The molecule has 2 rings (SSSR count). The first-order valence-corrected chi connectivity index (χ1v) is 8.16. The number of fused-ring (bicyclic) bond motifs is 1. The summed E-state index contributed by atoms with van der Waals surface area (Å²) < 4.78 is 2.12. The Balaban J connectivity index is 2.10. The third-order valence-corrected chi connectivity index (χ3v) is 4.80. The molecule has 4 nitrogen and oxygen atoms in total. The standard InChI is InChI=1S/C13H17N3OS2/c1-3-8(14)6-12(17)15-9-4-5-10-11(7-9)19-13(16-10)18-2/h4-5,7-8H,3,6,14H2,1-2H3,(H,15,17). The molecule has 0 saturated carbocycles. The molecule has 0 aliphatic rings. The van der Waals surface area contributed by atoms with Gasteiger partial charge in [-0.2, -0.15) is 0 Å². The number of benzene rings is 1. The second kappa shape index (κ2) is 6.36. The first-order chi connectivity index (χ1) is 9.12. The summed E-state index contributed by atoms with van der Waals surface area (Å²) >= 11 is 3.26. The third kappa shape index (κ3) is 3.68. The lowest BCUT2D eigenvalue weighted by Crippen LogP contribution is -2.26. The van der Waals surface area contributed by atoms with Crippen LogP contribution < -0.4 is 11.1 Å². The van der Waals surface area contributed by atoms with Gasteiger partial charge < -0.3 is 11.1 Å². The zero-order valence-corrected chi connectivity index (χ0v) is 12.6. The number of rotatable bonds is 5. The van der Waals surface area contributed by atoms with Gasteiger partial charge in [0.15, 0.2) is 4.34 Å². The zero-order valence-electron chi connectivity index (χ0n) is 11.0. The summed E-state index contributed by atoms with van der Waals surface area (Å²) in [5, 5.41) is 2.88. The molecule has 6 heteroatoms. The maximum absolute atomic E-state index is 11.8. The number of thioether (sulfide) groups is 1. The van der Waals surface area contributed by atoms with E-state index >= 15 is 0 Å². The minimum Gasteiger partial charge on any atom is -0.327 e. The lowest BCUT2D eigenvalue weighted by atomic mass is 10.1. The molecule has 1 aromatic heterocycles. The second-order valence-corrected chi connectivity index (χ2v) is 6.37. The Morgan fingerprint density at radius 1 is 1.58 bits per heavy atom. The van der Waals surface area contributed by atoms with Gasteiger partial charge in [0.25, 0.3) is 0 Å². The van der Waals surface area contributed by atoms with E-state index in [1.54, 1.807) is 23.1 Å². The van der Waals surface area contributed by atoms with Gasteiger partial charge in [-0.3, -0.25) is 4.79 Å². The summed E-state index contributed by atoms with van der Waals surface area (Å²) in [6.07, 6.45) is 3.16. The summed E-state index contributed by atoms with van der Waals surface area (Å²) in [5.74, 6) is -0.0386. The van der Waals surface area contributed by atoms with Crippen molar-refractivity contribution < 1.29 is 4.79 Å². The number of carbonyl (C=O) groups excluding carboxylic acids is 1. The number of amides is 1. The zero-order chi connectivity index (χ0) is 13.8. The van der Waals surface area contributed by atoms with Crippen LogP contribution in [0.25, 0.3) is 10.2 Å². The maximum atomic E-state index is 11.8. The highest BCUT2D eigenvalue weighted by atomic mass is 32.2. The fourth-order valence-corrected chi connectivity index (χ4v) is 3.19. The molecule has 1 heterocycles. The topological polar surface area (TPSA) is 68.0 Å². The van der Waals surface area contributed by atoms with Crippen molar-refractivity contribution in [3.8, 4) is 0 Å². The number of thiazole rings is 1. The number of hydrogen-bond acceptors (Lipinski definition) is 5. The average Bonchev–Trinajstić information content (AvgIpc) is 2.80. The number of anilines is 1. The number of carbonyl (C=O) groups is 1. The van der Waals surface area contributed by atoms with Crippen molar-refractivity contribution in [3.05, 3.63) is 18.2 Å². The molecule has 0 saturated heterocycles. The van der Waals surface area contributed by atoms with E-state index in [1.165, 1.54) is 0 Å². The molecule has 1 aromatic carbocycles.